The number of hydrogen-bond donors (Lipinski definition) is 2. The van der Waals surface area contributed by atoms with Crippen LogP contribution >= 0.6 is 0 Å². The maximum atomic E-state index is 12.6. The second kappa shape index (κ2) is 5.65. The van der Waals surface area contributed by atoms with E-state index in [1.165, 1.54) is 5.56 Å². The number of rotatable bonds is 1. The van der Waals surface area contributed by atoms with Gasteiger partial charge in [-0.05, 0) is 55.6 Å². The van der Waals surface area contributed by atoms with Crippen LogP contribution < -0.4 is 10.6 Å². The summed E-state index contributed by atoms with van der Waals surface area (Å²) in [5.41, 5.74) is 2.77. The van der Waals surface area contributed by atoms with Gasteiger partial charge in [-0.1, -0.05) is 26.8 Å². The largest absolute Gasteiger partial charge is 0.348 e. The van der Waals surface area contributed by atoms with Crippen molar-refractivity contribution in [3.8, 4) is 6.07 Å². The Hall–Kier alpha value is -1.86. The molecule has 1 aromatic carbocycles. The minimum Gasteiger partial charge on any atom is -0.348 e. The molecule has 4 heteroatoms. The number of amides is 1. The Morgan fingerprint density at radius 3 is 2.65 bits per heavy atom. The molecule has 2 N–H and O–H groups in total. The first-order chi connectivity index (χ1) is 10.9. The molecule has 1 amide bonds. The van der Waals surface area contributed by atoms with Crippen LogP contribution in [0.25, 0.3) is 0 Å². The van der Waals surface area contributed by atoms with Gasteiger partial charge in [-0.3, -0.25) is 4.79 Å². The van der Waals surface area contributed by atoms with Crippen LogP contribution in [0.1, 0.15) is 56.3 Å². The van der Waals surface area contributed by atoms with Gasteiger partial charge in [-0.25, -0.2) is 0 Å². The average Bonchev–Trinajstić information content (AvgIpc) is 2.79. The molecular formula is C19H25N3O. The van der Waals surface area contributed by atoms with E-state index in [2.05, 4.69) is 22.8 Å². The Bertz CT molecular complexity index is 660. The lowest BCUT2D eigenvalue weighted by Crippen LogP contribution is -2.47. The van der Waals surface area contributed by atoms with Crippen molar-refractivity contribution in [3.05, 3.63) is 34.9 Å². The van der Waals surface area contributed by atoms with Crippen molar-refractivity contribution in [3.63, 3.8) is 0 Å². The fourth-order valence-corrected chi connectivity index (χ4v) is 3.87. The first-order valence-corrected chi connectivity index (χ1v) is 8.40. The number of benzene rings is 1. The fraction of sp³-hybridized carbons (Fsp3) is 0.579. The third-order valence-electron chi connectivity index (χ3n) is 5.30. The van der Waals surface area contributed by atoms with Crippen LogP contribution in [-0.4, -0.2) is 19.0 Å². The highest BCUT2D eigenvalue weighted by Crippen LogP contribution is 2.51. The SMILES string of the molecule is CC(C)(C)C(=O)N[C@@H]1c2cc(C#N)ccc2CC12CCNCC2. The van der Waals surface area contributed by atoms with Gasteiger partial charge in [0.1, 0.15) is 0 Å². The summed E-state index contributed by atoms with van der Waals surface area (Å²) in [6.45, 7) is 7.80. The maximum absolute atomic E-state index is 12.6. The zero-order valence-corrected chi connectivity index (χ0v) is 14.2. The van der Waals surface area contributed by atoms with Gasteiger partial charge in [-0.2, -0.15) is 5.26 Å². The molecule has 1 heterocycles. The Morgan fingerprint density at radius 2 is 2.04 bits per heavy atom. The molecule has 1 atom stereocenters. The minimum absolute atomic E-state index is 0.0135. The fourth-order valence-electron chi connectivity index (χ4n) is 3.87. The molecule has 1 aliphatic carbocycles. The van der Waals surface area contributed by atoms with Crippen LogP contribution in [0, 0.1) is 22.2 Å². The summed E-state index contributed by atoms with van der Waals surface area (Å²) in [4.78, 5) is 12.6. The van der Waals surface area contributed by atoms with Crippen LogP contribution in [0.15, 0.2) is 18.2 Å². The van der Waals surface area contributed by atoms with Crippen molar-refractivity contribution in [2.45, 2.75) is 46.1 Å². The zero-order chi connectivity index (χ0) is 16.7. The van der Waals surface area contributed by atoms with E-state index in [1.54, 1.807) is 0 Å². The van der Waals surface area contributed by atoms with Crippen molar-refractivity contribution in [1.29, 1.82) is 5.26 Å². The number of nitrogens with zero attached hydrogens (tertiary/aromatic N) is 1. The minimum atomic E-state index is -0.413. The third kappa shape index (κ3) is 2.86. The van der Waals surface area contributed by atoms with E-state index >= 15 is 0 Å². The molecule has 0 saturated carbocycles. The number of nitrogens with one attached hydrogen (secondary N) is 2. The monoisotopic (exact) mass is 311 g/mol. The highest BCUT2D eigenvalue weighted by molar-refractivity contribution is 5.82. The van der Waals surface area contributed by atoms with Gasteiger partial charge < -0.3 is 10.6 Å². The number of carbonyl (C=O) groups is 1. The predicted octanol–water partition coefficient (Wildman–Crippen LogP) is 2.69. The van der Waals surface area contributed by atoms with Crippen molar-refractivity contribution >= 4 is 5.91 Å². The molecule has 3 rings (SSSR count). The molecule has 1 aliphatic heterocycles. The quantitative estimate of drug-likeness (QED) is 0.838. The number of carbonyl (C=O) groups excluding carboxylic acids is 1. The van der Waals surface area contributed by atoms with E-state index in [9.17, 15) is 10.1 Å². The van der Waals surface area contributed by atoms with Gasteiger partial charge in [0, 0.05) is 10.8 Å². The molecule has 122 valence electrons. The lowest BCUT2D eigenvalue weighted by molar-refractivity contribution is -0.130. The molecule has 4 nitrogen and oxygen atoms in total. The molecular weight excluding hydrogens is 286 g/mol. The summed E-state index contributed by atoms with van der Waals surface area (Å²) < 4.78 is 0. The number of nitriles is 1. The molecule has 2 aliphatic rings. The highest BCUT2D eigenvalue weighted by Gasteiger charge is 2.47. The molecule has 0 radical (unpaired) electrons. The van der Waals surface area contributed by atoms with Crippen LogP contribution in [0.5, 0.6) is 0 Å². The van der Waals surface area contributed by atoms with Gasteiger partial charge in [0.2, 0.25) is 5.91 Å². The molecule has 1 saturated heterocycles. The topological polar surface area (TPSA) is 64.9 Å². The van der Waals surface area contributed by atoms with Crippen LogP contribution in [0.3, 0.4) is 0 Å². The third-order valence-corrected chi connectivity index (χ3v) is 5.30. The first kappa shape index (κ1) is 16.0. The second-order valence-corrected chi connectivity index (χ2v) is 7.97. The number of fused-ring (bicyclic) bond motifs is 1. The Balaban J connectivity index is 2.00. The van der Waals surface area contributed by atoms with E-state index in [-0.39, 0.29) is 17.4 Å². The van der Waals surface area contributed by atoms with Gasteiger partial charge in [0.15, 0.2) is 0 Å². The van der Waals surface area contributed by atoms with Crippen molar-refractivity contribution in [2.24, 2.45) is 10.8 Å². The smallest absolute Gasteiger partial charge is 0.225 e. The van der Waals surface area contributed by atoms with Crippen molar-refractivity contribution in [2.75, 3.05) is 13.1 Å². The van der Waals surface area contributed by atoms with Gasteiger partial charge in [0.25, 0.3) is 0 Å². The normalized spacial score (nSPS) is 22.4. The van der Waals surface area contributed by atoms with E-state index in [0.717, 1.165) is 37.9 Å². The molecule has 1 spiro atoms. The summed E-state index contributed by atoms with van der Waals surface area (Å²) >= 11 is 0. The second-order valence-electron chi connectivity index (χ2n) is 7.97. The first-order valence-electron chi connectivity index (χ1n) is 8.40. The zero-order valence-electron chi connectivity index (χ0n) is 14.2. The van der Waals surface area contributed by atoms with E-state index < -0.39 is 5.41 Å². The molecule has 0 bridgehead atoms. The van der Waals surface area contributed by atoms with Crippen LogP contribution in [-0.2, 0) is 11.2 Å². The van der Waals surface area contributed by atoms with Crippen LogP contribution in [0.4, 0.5) is 0 Å². The maximum Gasteiger partial charge on any atom is 0.225 e. The molecule has 23 heavy (non-hydrogen) atoms. The summed E-state index contributed by atoms with van der Waals surface area (Å²) in [5.74, 6) is 0.0793. The molecule has 0 unspecified atom stereocenters. The molecule has 1 fully saturated rings. The average molecular weight is 311 g/mol. The van der Waals surface area contributed by atoms with Crippen LogP contribution in [0.2, 0.25) is 0 Å². The highest BCUT2D eigenvalue weighted by atomic mass is 16.2. The van der Waals surface area contributed by atoms with E-state index in [0.29, 0.717) is 5.56 Å². The van der Waals surface area contributed by atoms with E-state index in [4.69, 9.17) is 0 Å². The van der Waals surface area contributed by atoms with Gasteiger partial charge >= 0.3 is 0 Å². The summed E-state index contributed by atoms with van der Waals surface area (Å²) in [6, 6.07) is 8.17. The summed E-state index contributed by atoms with van der Waals surface area (Å²) in [5, 5.41) is 16.0. The Morgan fingerprint density at radius 1 is 1.35 bits per heavy atom. The Labute approximate surface area is 138 Å². The lowest BCUT2D eigenvalue weighted by atomic mass is 9.73. The van der Waals surface area contributed by atoms with Gasteiger partial charge in [0.05, 0.1) is 17.7 Å². The Kier molecular flexibility index (Phi) is 3.93. The van der Waals surface area contributed by atoms with E-state index in [1.807, 2.05) is 32.9 Å². The summed E-state index contributed by atoms with van der Waals surface area (Å²) in [7, 11) is 0. The number of hydrogen-bond acceptors (Lipinski definition) is 3. The predicted molar refractivity (Wildman–Crippen MR) is 89.7 cm³/mol. The van der Waals surface area contributed by atoms with Crippen molar-refractivity contribution in [1.82, 2.24) is 10.6 Å². The molecule has 1 aromatic rings. The number of piperidine rings is 1. The summed E-state index contributed by atoms with van der Waals surface area (Å²) in [6.07, 6.45) is 3.10. The standard InChI is InChI=1S/C19H25N3O/c1-18(2,3)17(23)22-16-15-10-13(12-20)4-5-14(15)11-19(16)6-8-21-9-7-19/h4-5,10,16,21H,6-9,11H2,1-3H3,(H,22,23)/t16-/m1/s1. The lowest BCUT2D eigenvalue weighted by Gasteiger charge is -2.40. The molecule has 0 aromatic heterocycles. The van der Waals surface area contributed by atoms with Gasteiger partial charge in [-0.15, -0.1) is 0 Å². The van der Waals surface area contributed by atoms with Crippen molar-refractivity contribution < 1.29 is 4.79 Å².